The number of carbonyl (C=O) groups is 1. The highest BCUT2D eigenvalue weighted by Crippen LogP contribution is 2.21. The second-order valence-electron chi connectivity index (χ2n) is 5.06. The molecule has 1 unspecified atom stereocenters. The summed E-state index contributed by atoms with van der Waals surface area (Å²) in [6.45, 7) is 5.30. The van der Waals surface area contributed by atoms with E-state index in [0.717, 1.165) is 0 Å². The van der Waals surface area contributed by atoms with Crippen LogP contribution in [0.25, 0.3) is 0 Å². The van der Waals surface area contributed by atoms with Crippen LogP contribution in [0.2, 0.25) is 5.02 Å². The van der Waals surface area contributed by atoms with Crippen molar-refractivity contribution >= 4 is 17.5 Å². The maximum Gasteiger partial charge on any atom is 0.222 e. The summed E-state index contributed by atoms with van der Waals surface area (Å²) < 4.78 is 5.33. The predicted molar refractivity (Wildman–Crippen MR) is 79.7 cm³/mol. The van der Waals surface area contributed by atoms with Gasteiger partial charge in [-0.1, -0.05) is 43.6 Å². The highest BCUT2D eigenvalue weighted by atomic mass is 35.5. The molecule has 1 amide bonds. The van der Waals surface area contributed by atoms with Gasteiger partial charge in [0.25, 0.3) is 0 Å². The van der Waals surface area contributed by atoms with Crippen molar-refractivity contribution in [1.29, 1.82) is 0 Å². The lowest BCUT2D eigenvalue weighted by Crippen LogP contribution is -2.29. The topological polar surface area (TPSA) is 58.6 Å². The highest BCUT2D eigenvalue weighted by Gasteiger charge is 2.12. The fourth-order valence-corrected chi connectivity index (χ4v) is 1.90. The van der Waals surface area contributed by atoms with E-state index in [4.69, 9.17) is 16.3 Å². The van der Waals surface area contributed by atoms with Crippen LogP contribution in [0, 0.1) is 5.92 Å². The summed E-state index contributed by atoms with van der Waals surface area (Å²) in [5.74, 6) is 0.319. The first-order valence-corrected chi connectivity index (χ1v) is 7.15. The predicted octanol–water partition coefficient (Wildman–Crippen LogP) is 2.55. The van der Waals surface area contributed by atoms with E-state index in [1.807, 2.05) is 0 Å². The number of aliphatic hydroxyl groups is 1. The molecule has 1 aromatic rings. The summed E-state index contributed by atoms with van der Waals surface area (Å²) in [5.41, 5.74) is 0.616. The molecule has 0 spiro atoms. The Balaban J connectivity index is 2.25. The smallest absolute Gasteiger partial charge is 0.222 e. The molecule has 1 rings (SSSR count). The van der Waals surface area contributed by atoms with Crippen molar-refractivity contribution in [2.75, 3.05) is 19.8 Å². The second kappa shape index (κ2) is 8.95. The summed E-state index contributed by atoms with van der Waals surface area (Å²) in [7, 11) is 0. The molecule has 0 heterocycles. The van der Waals surface area contributed by atoms with Crippen LogP contribution in [-0.2, 0) is 9.53 Å². The Bertz CT molecular complexity index is 423. The fourth-order valence-electron chi connectivity index (χ4n) is 1.64. The van der Waals surface area contributed by atoms with E-state index in [1.54, 1.807) is 24.3 Å². The molecule has 5 heteroatoms. The molecule has 0 aliphatic heterocycles. The number of nitrogens with one attached hydrogen (secondary N) is 1. The summed E-state index contributed by atoms with van der Waals surface area (Å²) in [5, 5.41) is 13.1. The van der Waals surface area contributed by atoms with Gasteiger partial charge < -0.3 is 15.2 Å². The van der Waals surface area contributed by atoms with Crippen molar-refractivity contribution in [3.63, 3.8) is 0 Å². The van der Waals surface area contributed by atoms with Gasteiger partial charge in [0.1, 0.15) is 0 Å². The van der Waals surface area contributed by atoms with Crippen LogP contribution in [0.1, 0.15) is 31.9 Å². The van der Waals surface area contributed by atoms with E-state index in [0.29, 0.717) is 36.1 Å². The van der Waals surface area contributed by atoms with Crippen LogP contribution >= 0.6 is 11.6 Å². The van der Waals surface area contributed by atoms with Gasteiger partial charge in [-0.3, -0.25) is 4.79 Å². The summed E-state index contributed by atoms with van der Waals surface area (Å²) in [4.78, 5) is 11.6. The van der Waals surface area contributed by atoms with E-state index in [-0.39, 0.29) is 12.5 Å². The van der Waals surface area contributed by atoms with E-state index < -0.39 is 6.10 Å². The van der Waals surface area contributed by atoms with Gasteiger partial charge in [-0.25, -0.2) is 0 Å². The van der Waals surface area contributed by atoms with Gasteiger partial charge in [0, 0.05) is 30.2 Å². The van der Waals surface area contributed by atoms with Gasteiger partial charge in [-0.2, -0.15) is 0 Å². The molecule has 0 aliphatic carbocycles. The van der Waals surface area contributed by atoms with Crippen LogP contribution in [0.4, 0.5) is 0 Å². The number of halogens is 1. The third-order valence-electron chi connectivity index (χ3n) is 2.68. The zero-order chi connectivity index (χ0) is 15.0. The van der Waals surface area contributed by atoms with Crippen molar-refractivity contribution < 1.29 is 14.6 Å². The maximum atomic E-state index is 11.6. The van der Waals surface area contributed by atoms with Crippen molar-refractivity contribution in [1.82, 2.24) is 5.32 Å². The fraction of sp³-hybridized carbons (Fsp3) is 0.533. The number of rotatable bonds is 8. The molecule has 0 saturated carbocycles. The van der Waals surface area contributed by atoms with Crippen LogP contribution in [0.3, 0.4) is 0 Å². The number of benzene rings is 1. The maximum absolute atomic E-state index is 11.6. The molecular formula is C15H22ClNO3. The molecule has 1 aromatic carbocycles. The SMILES string of the molecule is CC(C)COCCC(=O)NCC(O)c1ccccc1Cl. The number of amides is 1. The standard InChI is InChI=1S/C15H22ClNO3/c1-11(2)10-20-8-7-15(19)17-9-14(18)12-5-3-4-6-13(12)16/h3-6,11,14,18H,7-10H2,1-2H3,(H,17,19). The first kappa shape index (κ1) is 17.0. The zero-order valence-corrected chi connectivity index (χ0v) is 12.7. The average molecular weight is 300 g/mol. The van der Waals surface area contributed by atoms with Crippen molar-refractivity contribution in [2.45, 2.75) is 26.4 Å². The third-order valence-corrected chi connectivity index (χ3v) is 3.03. The van der Waals surface area contributed by atoms with E-state index >= 15 is 0 Å². The Morgan fingerprint density at radius 2 is 2.10 bits per heavy atom. The number of hydrogen-bond donors (Lipinski definition) is 2. The first-order valence-electron chi connectivity index (χ1n) is 6.77. The molecule has 0 saturated heterocycles. The molecule has 112 valence electrons. The van der Waals surface area contributed by atoms with Gasteiger partial charge >= 0.3 is 0 Å². The monoisotopic (exact) mass is 299 g/mol. The van der Waals surface area contributed by atoms with Crippen molar-refractivity contribution in [3.8, 4) is 0 Å². The highest BCUT2D eigenvalue weighted by molar-refractivity contribution is 6.31. The second-order valence-corrected chi connectivity index (χ2v) is 5.47. The van der Waals surface area contributed by atoms with Gasteiger partial charge in [-0.05, 0) is 12.0 Å². The Labute approximate surface area is 125 Å². The molecule has 0 fully saturated rings. The molecule has 0 aliphatic rings. The Morgan fingerprint density at radius 3 is 2.75 bits per heavy atom. The Kier molecular flexibility index (Phi) is 7.59. The summed E-state index contributed by atoms with van der Waals surface area (Å²) in [6.07, 6.45) is -0.508. The van der Waals surface area contributed by atoms with Crippen molar-refractivity contribution in [2.24, 2.45) is 5.92 Å². The Morgan fingerprint density at radius 1 is 1.40 bits per heavy atom. The normalized spacial score (nSPS) is 12.4. The summed E-state index contributed by atoms with van der Waals surface area (Å²) in [6, 6.07) is 7.04. The number of hydrogen-bond acceptors (Lipinski definition) is 3. The molecular weight excluding hydrogens is 278 g/mol. The van der Waals surface area contributed by atoms with E-state index in [9.17, 15) is 9.90 Å². The molecule has 2 N–H and O–H groups in total. The van der Waals surface area contributed by atoms with Crippen LogP contribution in [-0.4, -0.2) is 30.8 Å². The van der Waals surface area contributed by atoms with Crippen LogP contribution < -0.4 is 5.32 Å². The van der Waals surface area contributed by atoms with Gasteiger partial charge in [0.15, 0.2) is 0 Å². The molecule has 20 heavy (non-hydrogen) atoms. The minimum absolute atomic E-state index is 0.139. The van der Waals surface area contributed by atoms with Crippen molar-refractivity contribution in [3.05, 3.63) is 34.9 Å². The number of carbonyl (C=O) groups excluding carboxylic acids is 1. The molecule has 1 atom stereocenters. The molecule has 0 aromatic heterocycles. The minimum Gasteiger partial charge on any atom is -0.387 e. The van der Waals surface area contributed by atoms with Gasteiger partial charge in [0.2, 0.25) is 5.91 Å². The van der Waals surface area contributed by atoms with Gasteiger partial charge in [-0.15, -0.1) is 0 Å². The number of ether oxygens (including phenoxy) is 1. The lowest BCUT2D eigenvalue weighted by Gasteiger charge is -2.13. The molecule has 4 nitrogen and oxygen atoms in total. The van der Waals surface area contributed by atoms with Crippen LogP contribution in [0.5, 0.6) is 0 Å². The third kappa shape index (κ3) is 6.37. The molecule has 0 radical (unpaired) electrons. The summed E-state index contributed by atoms with van der Waals surface area (Å²) >= 11 is 5.97. The minimum atomic E-state index is -0.802. The lowest BCUT2D eigenvalue weighted by molar-refractivity contribution is -0.122. The van der Waals surface area contributed by atoms with E-state index in [2.05, 4.69) is 19.2 Å². The van der Waals surface area contributed by atoms with Crippen LogP contribution in [0.15, 0.2) is 24.3 Å². The molecule has 0 bridgehead atoms. The lowest BCUT2D eigenvalue weighted by atomic mass is 10.1. The Hall–Kier alpha value is -1.10. The number of aliphatic hydroxyl groups excluding tert-OH is 1. The average Bonchev–Trinajstić information content (AvgIpc) is 2.41. The van der Waals surface area contributed by atoms with E-state index in [1.165, 1.54) is 0 Å². The largest absolute Gasteiger partial charge is 0.387 e. The van der Waals surface area contributed by atoms with Gasteiger partial charge in [0.05, 0.1) is 12.7 Å². The zero-order valence-electron chi connectivity index (χ0n) is 11.9. The first-order chi connectivity index (χ1) is 9.50. The quantitative estimate of drug-likeness (QED) is 0.725.